The first-order valence-electron chi connectivity index (χ1n) is 3.61. The van der Waals surface area contributed by atoms with E-state index in [0.29, 0.717) is 18.2 Å². The summed E-state index contributed by atoms with van der Waals surface area (Å²) in [7, 11) is -4.97. The molecule has 1 aromatic rings. The molecule has 1 rings (SSSR count). The van der Waals surface area contributed by atoms with Gasteiger partial charge in [-0.25, -0.2) is 8.42 Å². The highest BCUT2D eigenvalue weighted by atomic mass is 32.2. The van der Waals surface area contributed by atoms with Gasteiger partial charge in [0.15, 0.2) is 0 Å². The van der Waals surface area contributed by atoms with Gasteiger partial charge in [-0.15, -0.1) is 0 Å². The number of nitrogens with zero attached hydrogens (tertiary/aromatic N) is 2. The van der Waals surface area contributed by atoms with Crippen molar-refractivity contribution in [1.29, 1.82) is 0 Å². The van der Waals surface area contributed by atoms with Crippen LogP contribution in [0, 0.1) is 20.2 Å². The molecule has 0 N–H and O–H groups in total. The van der Waals surface area contributed by atoms with Crippen molar-refractivity contribution in [2.24, 2.45) is 0 Å². The van der Waals surface area contributed by atoms with Crippen molar-refractivity contribution >= 4 is 21.5 Å². The molecule has 0 atom stereocenters. The van der Waals surface area contributed by atoms with Crippen LogP contribution in [0.15, 0.2) is 23.1 Å². The summed E-state index contributed by atoms with van der Waals surface area (Å²) in [5.74, 6) is 0. The summed E-state index contributed by atoms with van der Waals surface area (Å²) < 4.78 is 31.7. The Balaban J connectivity index is 3.54. The fourth-order valence-corrected chi connectivity index (χ4v) is 1.45. The molecule has 0 fully saturated rings. The van der Waals surface area contributed by atoms with E-state index in [1.54, 1.807) is 0 Å². The Hall–Kier alpha value is -2.07. The lowest BCUT2D eigenvalue weighted by atomic mass is 10.3. The molecular weight excluding hydrogens is 244 g/mol. The smallest absolute Gasteiger partial charge is 0.277 e. The number of benzene rings is 1. The third-order valence-electron chi connectivity index (χ3n) is 1.59. The second-order valence-electron chi connectivity index (χ2n) is 2.65. The van der Waals surface area contributed by atoms with E-state index in [0.717, 1.165) is 0 Å². The number of rotatable bonds is 3. The van der Waals surface area contributed by atoms with Gasteiger partial charge in [0.1, 0.15) is 10.1 Å². The van der Waals surface area contributed by atoms with Gasteiger partial charge in [0.25, 0.3) is 11.4 Å². The van der Waals surface area contributed by atoms with Crippen molar-refractivity contribution < 1.29 is 22.8 Å². The maximum Gasteiger partial charge on any atom is 0.277 e. The van der Waals surface area contributed by atoms with Crippen molar-refractivity contribution in [2.75, 3.05) is 0 Å². The summed E-state index contributed by atoms with van der Waals surface area (Å²) in [6.07, 6.45) is 0. The largest absolute Gasteiger partial charge is 0.744 e. The van der Waals surface area contributed by atoms with Crippen molar-refractivity contribution in [3.05, 3.63) is 38.4 Å². The molecule has 0 spiro atoms. The summed E-state index contributed by atoms with van der Waals surface area (Å²) in [4.78, 5) is 17.6. The van der Waals surface area contributed by atoms with Gasteiger partial charge in [0.2, 0.25) is 0 Å². The molecule has 1 aromatic carbocycles. The van der Waals surface area contributed by atoms with Crippen molar-refractivity contribution in [2.45, 2.75) is 4.90 Å². The predicted octanol–water partition coefficient (Wildman–Crippen LogP) is 0.407. The number of hydrogen-bond donors (Lipinski definition) is 0. The Morgan fingerprint density at radius 3 is 1.56 bits per heavy atom. The van der Waals surface area contributed by atoms with Crippen LogP contribution >= 0.6 is 0 Å². The summed E-state index contributed by atoms with van der Waals surface area (Å²) in [5.41, 5.74) is -1.66. The molecule has 10 heteroatoms. The summed E-state index contributed by atoms with van der Waals surface area (Å²) in [5, 5.41) is 20.7. The zero-order valence-electron chi connectivity index (χ0n) is 7.39. The van der Waals surface area contributed by atoms with E-state index in [2.05, 4.69) is 0 Å². The van der Waals surface area contributed by atoms with Gasteiger partial charge in [-0.2, -0.15) is 0 Å². The number of nitro groups is 2. The van der Waals surface area contributed by atoms with Crippen LogP contribution in [0.5, 0.6) is 0 Å². The molecule has 9 nitrogen and oxygen atoms in total. The maximum absolute atomic E-state index is 10.6. The molecule has 86 valence electrons. The topological polar surface area (TPSA) is 143 Å². The van der Waals surface area contributed by atoms with Crippen LogP contribution in [-0.2, 0) is 10.1 Å². The van der Waals surface area contributed by atoms with Crippen LogP contribution in [0.2, 0.25) is 0 Å². The summed E-state index contributed by atoms with van der Waals surface area (Å²) in [6, 6.07) is 1.50. The molecule has 16 heavy (non-hydrogen) atoms. The molecule has 0 saturated heterocycles. The van der Waals surface area contributed by atoms with Crippen molar-refractivity contribution in [1.82, 2.24) is 0 Å². The van der Waals surface area contributed by atoms with Crippen molar-refractivity contribution in [3.63, 3.8) is 0 Å². The van der Waals surface area contributed by atoms with E-state index in [1.807, 2.05) is 0 Å². The molecule has 0 aromatic heterocycles. The Labute approximate surface area is 88.4 Å². The molecule has 0 saturated carbocycles. The lowest BCUT2D eigenvalue weighted by molar-refractivity contribution is -0.394. The SMILES string of the molecule is O=[N+]([O-])c1cc([N+](=O)[O-])cc(S(=O)(=O)[O-])c1. The number of nitro benzene ring substituents is 2. The highest BCUT2D eigenvalue weighted by Gasteiger charge is 2.18. The standard InChI is InChI=1S/C6H4N2O7S/c9-7(10)4-1-5(8(11)12)3-6(2-4)16(13,14)15/h1-3H,(H,13,14,15)/p-1. The van der Waals surface area contributed by atoms with Gasteiger partial charge in [-0.05, 0) is 0 Å². The first-order valence-corrected chi connectivity index (χ1v) is 5.02. The van der Waals surface area contributed by atoms with Gasteiger partial charge in [0.05, 0.1) is 20.8 Å². The van der Waals surface area contributed by atoms with Gasteiger partial charge >= 0.3 is 0 Å². The monoisotopic (exact) mass is 247 g/mol. The average Bonchev–Trinajstić information content (AvgIpc) is 2.15. The summed E-state index contributed by atoms with van der Waals surface area (Å²) in [6.45, 7) is 0. The van der Waals surface area contributed by atoms with E-state index in [1.165, 1.54) is 0 Å². The second-order valence-corrected chi connectivity index (χ2v) is 4.03. The first kappa shape index (κ1) is 12.0. The average molecular weight is 247 g/mol. The van der Waals surface area contributed by atoms with E-state index < -0.39 is 36.2 Å². The lowest BCUT2D eigenvalue weighted by Gasteiger charge is -2.05. The zero-order valence-corrected chi connectivity index (χ0v) is 8.21. The number of non-ortho nitro benzene ring substituents is 2. The number of hydrogen-bond acceptors (Lipinski definition) is 7. The van der Waals surface area contributed by atoms with Gasteiger partial charge in [0, 0.05) is 12.1 Å². The van der Waals surface area contributed by atoms with Crippen LogP contribution < -0.4 is 0 Å². The Morgan fingerprint density at radius 1 is 0.938 bits per heavy atom. The lowest BCUT2D eigenvalue weighted by Crippen LogP contribution is -2.01. The Kier molecular flexibility index (Phi) is 2.87. The maximum atomic E-state index is 10.6. The summed E-state index contributed by atoms with van der Waals surface area (Å²) >= 11 is 0. The fourth-order valence-electron chi connectivity index (χ4n) is 0.923. The first-order chi connectivity index (χ1) is 7.21. The molecule has 0 heterocycles. The molecule has 0 aliphatic rings. The second kappa shape index (κ2) is 3.83. The molecule has 0 aliphatic carbocycles. The minimum absolute atomic E-state index is 0.468. The third kappa shape index (κ3) is 2.49. The molecule has 0 aliphatic heterocycles. The molecule has 0 amide bonds. The van der Waals surface area contributed by atoms with E-state index in [-0.39, 0.29) is 0 Å². The molecule has 0 bridgehead atoms. The minimum atomic E-state index is -4.97. The van der Waals surface area contributed by atoms with Gasteiger partial charge < -0.3 is 4.55 Å². The Bertz CT molecular complexity index is 532. The quantitative estimate of drug-likeness (QED) is 0.427. The zero-order chi connectivity index (χ0) is 12.5. The van der Waals surface area contributed by atoms with Crippen LogP contribution in [0.4, 0.5) is 11.4 Å². The third-order valence-corrected chi connectivity index (χ3v) is 2.40. The molecule has 0 unspecified atom stereocenters. The van der Waals surface area contributed by atoms with Crippen LogP contribution in [0.1, 0.15) is 0 Å². The van der Waals surface area contributed by atoms with E-state index in [4.69, 9.17) is 0 Å². The predicted molar refractivity (Wildman–Crippen MR) is 47.7 cm³/mol. The normalized spacial score (nSPS) is 11.1. The van der Waals surface area contributed by atoms with Gasteiger partial charge in [-0.3, -0.25) is 20.2 Å². The van der Waals surface area contributed by atoms with Crippen molar-refractivity contribution in [3.8, 4) is 0 Å². The van der Waals surface area contributed by atoms with E-state index >= 15 is 0 Å². The van der Waals surface area contributed by atoms with Crippen LogP contribution in [0.3, 0.4) is 0 Å². The minimum Gasteiger partial charge on any atom is -0.744 e. The molecular formula is C6H3N2O7S-. The van der Waals surface area contributed by atoms with E-state index in [9.17, 15) is 33.2 Å². The van der Waals surface area contributed by atoms with Gasteiger partial charge in [-0.1, -0.05) is 0 Å². The van der Waals surface area contributed by atoms with Crippen LogP contribution in [0.25, 0.3) is 0 Å². The molecule has 0 radical (unpaired) electrons. The highest BCUT2D eigenvalue weighted by Crippen LogP contribution is 2.25. The van der Waals surface area contributed by atoms with Crippen LogP contribution in [-0.4, -0.2) is 22.8 Å². The fraction of sp³-hybridized carbons (Fsp3) is 0. The highest BCUT2D eigenvalue weighted by molar-refractivity contribution is 7.85. The Morgan fingerprint density at radius 2 is 1.31 bits per heavy atom.